The van der Waals surface area contributed by atoms with Crippen LogP contribution in [0.2, 0.25) is 0 Å². The third-order valence-corrected chi connectivity index (χ3v) is 7.19. The number of amides is 1. The van der Waals surface area contributed by atoms with Gasteiger partial charge >= 0.3 is 5.97 Å². The Bertz CT molecular complexity index is 991. The van der Waals surface area contributed by atoms with E-state index in [4.69, 9.17) is 9.72 Å². The molecule has 2 aromatic heterocycles. The normalized spacial score (nSPS) is 15.2. The molecule has 4 rings (SSSR count). The Morgan fingerprint density at radius 3 is 2.55 bits per heavy atom. The van der Waals surface area contributed by atoms with Gasteiger partial charge in [-0.15, -0.1) is 22.7 Å². The van der Waals surface area contributed by atoms with Gasteiger partial charge in [0.15, 0.2) is 0 Å². The molecule has 7 heteroatoms. The highest BCUT2D eigenvalue weighted by Crippen LogP contribution is 2.37. The van der Waals surface area contributed by atoms with Gasteiger partial charge in [0.2, 0.25) is 5.91 Å². The van der Waals surface area contributed by atoms with E-state index < -0.39 is 5.54 Å². The summed E-state index contributed by atoms with van der Waals surface area (Å²) < 4.78 is 4.97. The van der Waals surface area contributed by atoms with E-state index in [-0.39, 0.29) is 18.3 Å². The Balaban J connectivity index is 1.61. The second-order valence-electron chi connectivity index (χ2n) is 7.14. The lowest BCUT2D eigenvalue weighted by molar-refractivity contribution is -0.150. The van der Waals surface area contributed by atoms with Gasteiger partial charge in [-0.1, -0.05) is 49.2 Å². The molecule has 1 aliphatic rings. The molecule has 29 heavy (non-hydrogen) atoms. The lowest BCUT2D eigenvalue weighted by atomic mass is 9.97. The summed E-state index contributed by atoms with van der Waals surface area (Å²) in [5.41, 5.74) is 0.989. The van der Waals surface area contributed by atoms with E-state index in [1.54, 1.807) is 11.3 Å². The quantitative estimate of drug-likeness (QED) is 0.581. The van der Waals surface area contributed by atoms with Crippen molar-refractivity contribution in [3.63, 3.8) is 0 Å². The molecule has 2 heterocycles. The second-order valence-corrected chi connectivity index (χ2v) is 9.17. The van der Waals surface area contributed by atoms with Crippen LogP contribution in [0.25, 0.3) is 21.1 Å². The fourth-order valence-corrected chi connectivity index (χ4v) is 5.68. The highest BCUT2D eigenvalue weighted by Gasteiger charge is 2.43. The zero-order valence-corrected chi connectivity index (χ0v) is 17.8. The molecule has 1 N–H and O–H groups in total. The number of thiophene rings is 1. The van der Waals surface area contributed by atoms with Crippen molar-refractivity contribution in [2.45, 2.75) is 37.6 Å². The minimum Gasteiger partial charge on any atom is -0.467 e. The van der Waals surface area contributed by atoms with Crippen molar-refractivity contribution in [2.75, 3.05) is 7.11 Å². The number of benzene rings is 1. The molecule has 1 aromatic carbocycles. The van der Waals surface area contributed by atoms with E-state index in [9.17, 15) is 9.59 Å². The van der Waals surface area contributed by atoms with E-state index in [0.717, 1.165) is 38.9 Å². The Morgan fingerprint density at radius 1 is 1.14 bits per heavy atom. The molecule has 0 unspecified atom stereocenters. The van der Waals surface area contributed by atoms with Gasteiger partial charge in [0.05, 0.1) is 24.1 Å². The van der Waals surface area contributed by atoms with Crippen LogP contribution in [0, 0.1) is 0 Å². The van der Waals surface area contributed by atoms with Gasteiger partial charge in [0, 0.05) is 10.4 Å². The summed E-state index contributed by atoms with van der Waals surface area (Å²) in [6, 6.07) is 14.0. The summed E-state index contributed by atoms with van der Waals surface area (Å²) in [5.74, 6) is -0.519. The summed E-state index contributed by atoms with van der Waals surface area (Å²) in [6.07, 6.45) is 3.27. The Kier molecular flexibility index (Phi) is 5.78. The van der Waals surface area contributed by atoms with Crippen molar-refractivity contribution in [2.24, 2.45) is 0 Å². The SMILES string of the molecule is COC(=O)C1(NC(=O)Cc2sc(-c3ccccc3)nc2-c2cccs2)CCCC1. The molecule has 0 bridgehead atoms. The van der Waals surface area contributed by atoms with E-state index in [1.165, 1.54) is 18.4 Å². The summed E-state index contributed by atoms with van der Waals surface area (Å²) in [6.45, 7) is 0. The van der Waals surface area contributed by atoms with Crippen LogP contribution in [0.5, 0.6) is 0 Å². The lowest BCUT2D eigenvalue weighted by Gasteiger charge is -2.27. The standard InChI is InChI=1S/C22H22N2O3S2/c1-27-21(26)22(11-5-6-12-22)24-18(25)14-17-19(16-10-7-13-28-16)23-20(29-17)15-8-3-2-4-9-15/h2-4,7-10,13H,5-6,11-12,14H2,1H3,(H,24,25). The monoisotopic (exact) mass is 426 g/mol. The topological polar surface area (TPSA) is 68.3 Å². The first kappa shape index (κ1) is 19.8. The number of ether oxygens (including phenoxy) is 1. The summed E-state index contributed by atoms with van der Waals surface area (Å²) in [4.78, 5) is 32.0. The molecule has 0 spiro atoms. The Morgan fingerprint density at radius 2 is 1.90 bits per heavy atom. The van der Waals surface area contributed by atoms with Crippen LogP contribution in [-0.4, -0.2) is 29.5 Å². The van der Waals surface area contributed by atoms with Crippen LogP contribution in [0.4, 0.5) is 0 Å². The molecule has 0 atom stereocenters. The van der Waals surface area contributed by atoms with Gasteiger partial charge in [-0.3, -0.25) is 4.79 Å². The zero-order chi connectivity index (χ0) is 20.3. The van der Waals surface area contributed by atoms with Crippen molar-refractivity contribution >= 4 is 34.6 Å². The number of carbonyl (C=O) groups is 2. The maximum atomic E-state index is 12.9. The van der Waals surface area contributed by atoms with Crippen LogP contribution in [-0.2, 0) is 20.7 Å². The third-order valence-electron chi connectivity index (χ3n) is 5.21. The van der Waals surface area contributed by atoms with Gasteiger partial charge in [-0.25, -0.2) is 9.78 Å². The molecule has 3 aromatic rings. The van der Waals surface area contributed by atoms with Crippen LogP contribution < -0.4 is 5.32 Å². The number of methoxy groups -OCH3 is 1. The minimum absolute atomic E-state index is 0.168. The Labute approximate surface area is 177 Å². The molecule has 5 nitrogen and oxygen atoms in total. The molecule has 1 fully saturated rings. The fraction of sp³-hybridized carbons (Fsp3) is 0.318. The molecule has 150 valence electrons. The summed E-state index contributed by atoms with van der Waals surface area (Å²) >= 11 is 3.13. The number of thiazole rings is 1. The number of carbonyl (C=O) groups excluding carboxylic acids is 2. The number of hydrogen-bond acceptors (Lipinski definition) is 6. The first-order chi connectivity index (χ1) is 14.1. The molecular weight excluding hydrogens is 404 g/mol. The third kappa shape index (κ3) is 4.11. The minimum atomic E-state index is -0.887. The van der Waals surface area contributed by atoms with Gasteiger partial charge in [-0.2, -0.15) is 0 Å². The van der Waals surface area contributed by atoms with E-state index >= 15 is 0 Å². The highest BCUT2D eigenvalue weighted by atomic mass is 32.1. The molecule has 0 saturated heterocycles. The lowest BCUT2D eigenvalue weighted by Crippen LogP contribution is -2.53. The van der Waals surface area contributed by atoms with Gasteiger partial charge in [0.25, 0.3) is 0 Å². The first-order valence-corrected chi connectivity index (χ1v) is 11.3. The van der Waals surface area contributed by atoms with Crippen LogP contribution in [0.1, 0.15) is 30.6 Å². The number of esters is 1. The number of nitrogens with zero attached hydrogens (tertiary/aromatic N) is 1. The molecular formula is C22H22N2O3S2. The smallest absolute Gasteiger partial charge is 0.331 e. The van der Waals surface area contributed by atoms with Crippen molar-refractivity contribution < 1.29 is 14.3 Å². The van der Waals surface area contributed by atoms with Crippen molar-refractivity contribution in [3.05, 3.63) is 52.7 Å². The predicted molar refractivity (Wildman–Crippen MR) is 116 cm³/mol. The first-order valence-electron chi connectivity index (χ1n) is 9.60. The van der Waals surface area contributed by atoms with E-state index in [0.29, 0.717) is 12.8 Å². The van der Waals surface area contributed by atoms with E-state index in [2.05, 4.69) is 5.32 Å². The molecule has 1 amide bonds. The van der Waals surface area contributed by atoms with Crippen LogP contribution >= 0.6 is 22.7 Å². The highest BCUT2D eigenvalue weighted by molar-refractivity contribution is 7.17. The Hall–Kier alpha value is -2.51. The predicted octanol–water partition coefficient (Wildman–Crippen LogP) is 4.68. The number of hydrogen-bond donors (Lipinski definition) is 1. The summed E-state index contributed by atoms with van der Waals surface area (Å²) in [5, 5.41) is 5.88. The molecule has 0 aliphatic heterocycles. The molecule has 1 aliphatic carbocycles. The maximum Gasteiger partial charge on any atom is 0.331 e. The maximum absolute atomic E-state index is 12.9. The number of nitrogens with one attached hydrogen (secondary N) is 1. The second kappa shape index (κ2) is 8.47. The van der Waals surface area contributed by atoms with Crippen molar-refractivity contribution in [1.82, 2.24) is 10.3 Å². The number of aromatic nitrogens is 1. The van der Waals surface area contributed by atoms with Crippen LogP contribution in [0.15, 0.2) is 47.8 Å². The average molecular weight is 427 g/mol. The van der Waals surface area contributed by atoms with Gasteiger partial charge in [0.1, 0.15) is 10.5 Å². The van der Waals surface area contributed by atoms with Gasteiger partial charge < -0.3 is 10.1 Å². The van der Waals surface area contributed by atoms with Crippen LogP contribution in [0.3, 0.4) is 0 Å². The van der Waals surface area contributed by atoms with Crippen molar-refractivity contribution in [3.8, 4) is 21.1 Å². The van der Waals surface area contributed by atoms with E-state index in [1.807, 2.05) is 47.8 Å². The zero-order valence-electron chi connectivity index (χ0n) is 16.1. The molecule has 1 saturated carbocycles. The largest absolute Gasteiger partial charge is 0.467 e. The van der Waals surface area contributed by atoms with Crippen molar-refractivity contribution in [1.29, 1.82) is 0 Å². The summed E-state index contributed by atoms with van der Waals surface area (Å²) in [7, 11) is 1.37. The average Bonchev–Trinajstić information content (AvgIpc) is 3.49. The van der Waals surface area contributed by atoms with Gasteiger partial charge in [-0.05, 0) is 24.3 Å². The molecule has 0 radical (unpaired) electrons. The number of rotatable bonds is 6. The fourth-order valence-electron chi connectivity index (χ4n) is 3.79.